The van der Waals surface area contributed by atoms with Gasteiger partial charge in [0, 0.05) is 35.0 Å². The Bertz CT molecular complexity index is 996. The maximum atomic E-state index is 11.5. The largest absolute Gasteiger partial charge is 0.359 e. The number of amides is 1. The van der Waals surface area contributed by atoms with E-state index < -0.39 is 5.91 Å². The number of Topliss-reactive ketones (excluding diaryl/α,β-unsaturated/α-hetero) is 1. The van der Waals surface area contributed by atoms with Crippen molar-refractivity contribution in [2.75, 3.05) is 0 Å². The number of carbonyl (C=O) groups is 2. The molecule has 0 spiro atoms. The van der Waals surface area contributed by atoms with Crippen molar-refractivity contribution in [3.05, 3.63) is 47.8 Å². The number of primary amides is 1. The van der Waals surface area contributed by atoms with Crippen LogP contribution in [0.2, 0.25) is 0 Å². The highest BCUT2D eigenvalue weighted by atomic mass is 32.1. The average Bonchev–Trinajstić information content (AvgIpc) is 2.96. The van der Waals surface area contributed by atoms with Crippen molar-refractivity contribution in [1.29, 1.82) is 0 Å². The number of ketones is 1. The topological polar surface area (TPSA) is 85.9 Å². The van der Waals surface area contributed by atoms with Crippen LogP contribution in [0.5, 0.6) is 0 Å². The Kier molecular flexibility index (Phi) is 3.87. The van der Waals surface area contributed by atoms with Crippen LogP contribution in [-0.4, -0.2) is 21.7 Å². The highest BCUT2D eigenvalue weighted by Crippen LogP contribution is 2.30. The van der Waals surface area contributed by atoms with E-state index in [0.717, 1.165) is 20.8 Å². The first-order chi connectivity index (χ1) is 11.0. The molecule has 0 aliphatic carbocycles. The van der Waals surface area contributed by atoms with Crippen LogP contribution in [0.1, 0.15) is 22.8 Å². The molecule has 0 fully saturated rings. The van der Waals surface area contributed by atoms with Crippen LogP contribution in [0.4, 0.5) is 0 Å². The van der Waals surface area contributed by atoms with Crippen LogP contribution in [0.3, 0.4) is 0 Å². The van der Waals surface area contributed by atoms with E-state index in [9.17, 15) is 9.59 Å². The highest BCUT2D eigenvalue weighted by Gasteiger charge is 2.09. The lowest BCUT2D eigenvalue weighted by atomic mass is 10.1. The second kappa shape index (κ2) is 5.99. The first-order valence-corrected chi connectivity index (χ1v) is 7.53. The van der Waals surface area contributed by atoms with E-state index in [2.05, 4.69) is 21.8 Å². The molecule has 1 amide bonds. The van der Waals surface area contributed by atoms with Gasteiger partial charge < -0.3 is 5.73 Å². The molecular weight excluding hydrogens is 310 g/mol. The number of carbonyl (C=O) groups excluding carboxylic acids is 2. The summed E-state index contributed by atoms with van der Waals surface area (Å²) < 4.78 is 0.985. The average molecular weight is 321 g/mol. The van der Waals surface area contributed by atoms with Crippen molar-refractivity contribution in [1.82, 2.24) is 9.97 Å². The minimum absolute atomic E-state index is 0.00633. The summed E-state index contributed by atoms with van der Waals surface area (Å²) in [6, 6.07) is 7.26. The molecule has 0 aliphatic rings. The van der Waals surface area contributed by atoms with Crippen LogP contribution in [0.25, 0.3) is 20.8 Å². The Morgan fingerprint density at radius 1 is 1.22 bits per heavy atom. The van der Waals surface area contributed by atoms with Crippen molar-refractivity contribution in [2.45, 2.75) is 6.92 Å². The first kappa shape index (κ1) is 14.9. The molecule has 112 valence electrons. The molecule has 0 saturated heterocycles. The molecule has 0 bridgehead atoms. The summed E-state index contributed by atoms with van der Waals surface area (Å²) in [6.45, 7) is 1.53. The Hall–Kier alpha value is -3.04. The van der Waals surface area contributed by atoms with Crippen LogP contribution in [-0.2, 0) is 4.79 Å². The number of hydrogen-bond donors (Lipinski definition) is 1. The van der Waals surface area contributed by atoms with Gasteiger partial charge in [-0.05, 0) is 31.2 Å². The van der Waals surface area contributed by atoms with Crippen molar-refractivity contribution in [2.24, 2.45) is 5.73 Å². The molecule has 0 aliphatic heterocycles. The number of nitrogens with zero attached hydrogens (tertiary/aromatic N) is 2. The number of hydrogen-bond acceptors (Lipinski definition) is 5. The lowest BCUT2D eigenvalue weighted by Crippen LogP contribution is -2.06. The zero-order valence-corrected chi connectivity index (χ0v) is 13.0. The van der Waals surface area contributed by atoms with Crippen molar-refractivity contribution >= 4 is 33.2 Å². The van der Waals surface area contributed by atoms with E-state index >= 15 is 0 Å². The molecule has 5 nitrogen and oxygen atoms in total. The fraction of sp³-hybridized carbons (Fsp3) is 0.0588. The van der Waals surface area contributed by atoms with Gasteiger partial charge in [-0.25, -0.2) is 4.98 Å². The predicted molar refractivity (Wildman–Crippen MR) is 88.9 cm³/mol. The molecule has 0 radical (unpaired) electrons. The standard InChI is InChI=1S/C17H11N3O2S/c1-10(21)12-3-4-15-14(7-12)20-17(23-15)13-6-11(8-19-9-13)2-5-16(18)22/h3-4,6-9H,1H3,(H2,18,22). The van der Waals surface area contributed by atoms with Gasteiger partial charge in [0.2, 0.25) is 0 Å². The fourth-order valence-corrected chi connectivity index (χ4v) is 2.96. The number of pyridine rings is 1. The Morgan fingerprint density at radius 2 is 2.04 bits per heavy atom. The number of rotatable bonds is 2. The summed E-state index contributed by atoms with van der Waals surface area (Å²) in [5.74, 6) is 4.26. The zero-order valence-electron chi connectivity index (χ0n) is 12.2. The second-order valence-electron chi connectivity index (χ2n) is 4.83. The van der Waals surface area contributed by atoms with Gasteiger partial charge in [0.05, 0.1) is 10.2 Å². The van der Waals surface area contributed by atoms with Gasteiger partial charge in [-0.3, -0.25) is 14.6 Å². The number of nitrogens with two attached hydrogens (primary N) is 1. The summed E-state index contributed by atoms with van der Waals surface area (Å²) in [5.41, 5.74) is 7.80. The molecule has 2 N–H and O–H groups in total. The molecule has 3 rings (SSSR count). The summed E-state index contributed by atoms with van der Waals surface area (Å²) in [7, 11) is 0. The third-order valence-corrected chi connectivity index (χ3v) is 4.19. The fourth-order valence-electron chi connectivity index (χ4n) is 2.03. The maximum Gasteiger partial charge on any atom is 0.293 e. The minimum atomic E-state index is -0.688. The number of aromatic nitrogens is 2. The lowest BCUT2D eigenvalue weighted by molar-refractivity contribution is -0.112. The van der Waals surface area contributed by atoms with Gasteiger partial charge in [-0.2, -0.15) is 0 Å². The normalized spacial score (nSPS) is 10.1. The number of fused-ring (bicyclic) bond motifs is 1. The predicted octanol–water partition coefficient (Wildman–Crippen LogP) is 2.40. The van der Waals surface area contributed by atoms with Crippen LogP contribution >= 0.6 is 11.3 Å². The quantitative estimate of drug-likeness (QED) is 0.580. The highest BCUT2D eigenvalue weighted by molar-refractivity contribution is 7.21. The van der Waals surface area contributed by atoms with Gasteiger partial charge in [0.15, 0.2) is 5.78 Å². The Balaban J connectivity index is 2.03. The molecule has 6 heteroatoms. The van der Waals surface area contributed by atoms with Gasteiger partial charge in [-0.1, -0.05) is 5.92 Å². The van der Waals surface area contributed by atoms with Gasteiger partial charge in [-0.15, -0.1) is 11.3 Å². The molecule has 23 heavy (non-hydrogen) atoms. The first-order valence-electron chi connectivity index (χ1n) is 6.71. The smallest absolute Gasteiger partial charge is 0.293 e. The summed E-state index contributed by atoms with van der Waals surface area (Å²) in [4.78, 5) is 30.8. The molecule has 0 unspecified atom stereocenters. The molecule has 2 aromatic heterocycles. The van der Waals surface area contributed by atoms with Gasteiger partial charge in [0.1, 0.15) is 5.01 Å². The summed E-state index contributed by atoms with van der Waals surface area (Å²) in [5, 5.41) is 0.774. The van der Waals surface area contributed by atoms with Crippen LogP contribution in [0, 0.1) is 11.8 Å². The van der Waals surface area contributed by atoms with Crippen LogP contribution in [0.15, 0.2) is 36.7 Å². The summed E-state index contributed by atoms with van der Waals surface area (Å²) >= 11 is 1.50. The van der Waals surface area contributed by atoms with Crippen molar-refractivity contribution in [3.8, 4) is 22.4 Å². The van der Waals surface area contributed by atoms with E-state index in [-0.39, 0.29) is 5.78 Å². The lowest BCUT2D eigenvalue weighted by Gasteiger charge is -1.95. The summed E-state index contributed by atoms with van der Waals surface area (Å²) in [6.07, 6.45) is 3.24. The number of thiazole rings is 1. The molecule has 0 saturated carbocycles. The van der Waals surface area contributed by atoms with E-state index in [1.165, 1.54) is 18.3 Å². The third-order valence-electron chi connectivity index (χ3n) is 3.11. The molecular formula is C17H11N3O2S. The monoisotopic (exact) mass is 321 g/mol. The van der Waals surface area contributed by atoms with Gasteiger partial charge >= 0.3 is 0 Å². The molecule has 0 atom stereocenters. The van der Waals surface area contributed by atoms with Crippen molar-refractivity contribution < 1.29 is 9.59 Å². The van der Waals surface area contributed by atoms with E-state index in [1.807, 2.05) is 6.07 Å². The molecule has 3 aromatic rings. The second-order valence-corrected chi connectivity index (χ2v) is 5.86. The van der Waals surface area contributed by atoms with Crippen molar-refractivity contribution in [3.63, 3.8) is 0 Å². The van der Waals surface area contributed by atoms with E-state index in [0.29, 0.717) is 11.1 Å². The SMILES string of the molecule is CC(=O)c1ccc2sc(-c3cncc(C#CC(N)=O)c3)nc2c1. The minimum Gasteiger partial charge on any atom is -0.359 e. The van der Waals surface area contributed by atoms with Crippen LogP contribution < -0.4 is 5.73 Å². The van der Waals surface area contributed by atoms with E-state index in [1.54, 1.807) is 30.6 Å². The Labute approximate surface area is 136 Å². The molecule has 2 heterocycles. The van der Waals surface area contributed by atoms with Gasteiger partial charge in [0.25, 0.3) is 5.91 Å². The Morgan fingerprint density at radius 3 is 2.78 bits per heavy atom. The van der Waals surface area contributed by atoms with E-state index in [4.69, 9.17) is 5.73 Å². The number of benzene rings is 1. The maximum absolute atomic E-state index is 11.5. The third kappa shape index (κ3) is 3.25. The zero-order chi connectivity index (χ0) is 16.4. The molecule has 1 aromatic carbocycles.